The molecule has 0 amide bonds. The van der Waals surface area contributed by atoms with Gasteiger partial charge in [-0.05, 0) is 38.8 Å². The van der Waals surface area contributed by atoms with Crippen molar-refractivity contribution in [3.05, 3.63) is 39.9 Å². The number of aromatic nitrogens is 4. The molecule has 29 heavy (non-hydrogen) atoms. The fourth-order valence-electron chi connectivity index (χ4n) is 4.59. The Hall–Kier alpha value is -2.03. The number of piperazine rings is 1. The number of nitrogens with zero attached hydrogens (tertiary/aromatic N) is 6. The Kier molecular flexibility index (Phi) is 5.85. The summed E-state index contributed by atoms with van der Waals surface area (Å²) in [7, 11) is 0. The molecule has 158 valence electrons. The first-order chi connectivity index (χ1) is 13.9. The van der Waals surface area contributed by atoms with Crippen molar-refractivity contribution in [2.45, 2.75) is 51.7 Å². The molecule has 1 saturated carbocycles. The summed E-state index contributed by atoms with van der Waals surface area (Å²) in [5, 5.41) is 19.6. The molecule has 2 aromatic rings. The van der Waals surface area contributed by atoms with E-state index in [2.05, 4.69) is 20.0 Å². The molecule has 3 heterocycles. The highest BCUT2D eigenvalue weighted by molar-refractivity contribution is 5.23. The molecule has 0 unspecified atom stereocenters. The van der Waals surface area contributed by atoms with Crippen LogP contribution in [0.1, 0.15) is 37.1 Å². The van der Waals surface area contributed by atoms with Gasteiger partial charge in [-0.25, -0.2) is 9.36 Å². The number of hydrogen-bond donors (Lipinski definition) is 1. The minimum Gasteiger partial charge on any atom is -0.389 e. The summed E-state index contributed by atoms with van der Waals surface area (Å²) in [6.07, 6.45) is 4.17. The Bertz CT molecular complexity index is 891. The quantitative estimate of drug-likeness (QED) is 0.778. The number of rotatable bonds is 6. The molecule has 0 radical (unpaired) electrons. The maximum Gasteiger partial charge on any atom is 0.266 e. The Balaban J connectivity index is 1.32. The lowest BCUT2D eigenvalue weighted by atomic mass is 10.0. The third kappa shape index (κ3) is 4.76. The molecule has 2 fully saturated rings. The normalized spacial score (nSPS) is 20.4. The lowest BCUT2D eigenvalue weighted by molar-refractivity contribution is -0.00487. The van der Waals surface area contributed by atoms with Gasteiger partial charge in [0, 0.05) is 51.0 Å². The molecule has 4 rings (SSSR count). The standard InChI is InChI=1S/C21H32N6O2/c1-17-15-18(2)27(22-17)19-5-6-20(28)26(23-19)14-13-24-9-11-25(12-10-24)16-21(29)7-3-4-8-21/h5-6,15,29H,3-4,7-14,16H2,1-2H3. The first-order valence-corrected chi connectivity index (χ1v) is 10.7. The molecule has 8 heteroatoms. The van der Waals surface area contributed by atoms with Crippen LogP contribution in [-0.2, 0) is 6.54 Å². The predicted octanol–water partition coefficient (Wildman–Crippen LogP) is 0.969. The molecule has 1 aliphatic carbocycles. The summed E-state index contributed by atoms with van der Waals surface area (Å²) in [4.78, 5) is 17.0. The van der Waals surface area contributed by atoms with Gasteiger partial charge in [0.2, 0.25) is 0 Å². The highest BCUT2D eigenvalue weighted by Crippen LogP contribution is 2.30. The van der Waals surface area contributed by atoms with E-state index in [1.807, 2.05) is 19.9 Å². The van der Waals surface area contributed by atoms with E-state index in [1.165, 1.54) is 0 Å². The van der Waals surface area contributed by atoms with Crippen LogP contribution in [0.4, 0.5) is 0 Å². The molecule has 0 atom stereocenters. The van der Waals surface area contributed by atoms with E-state index in [9.17, 15) is 9.90 Å². The number of aryl methyl sites for hydroxylation is 2. The molecule has 0 aromatic carbocycles. The lowest BCUT2D eigenvalue weighted by Gasteiger charge is -2.38. The number of β-amino-alcohol motifs (C(OH)–C–C–N with tert-alkyl or cyclic N) is 1. The van der Waals surface area contributed by atoms with E-state index in [0.29, 0.717) is 12.4 Å². The van der Waals surface area contributed by atoms with Gasteiger partial charge in [-0.2, -0.15) is 5.10 Å². The largest absolute Gasteiger partial charge is 0.389 e. The van der Waals surface area contributed by atoms with Crippen LogP contribution in [0.25, 0.3) is 5.82 Å². The fourth-order valence-corrected chi connectivity index (χ4v) is 4.59. The Morgan fingerprint density at radius 1 is 1.00 bits per heavy atom. The van der Waals surface area contributed by atoms with Crippen molar-refractivity contribution in [2.75, 3.05) is 39.3 Å². The second-order valence-corrected chi connectivity index (χ2v) is 8.64. The monoisotopic (exact) mass is 400 g/mol. The van der Waals surface area contributed by atoms with Crippen LogP contribution >= 0.6 is 0 Å². The van der Waals surface area contributed by atoms with E-state index in [1.54, 1.807) is 21.5 Å². The number of hydrogen-bond acceptors (Lipinski definition) is 6. The van der Waals surface area contributed by atoms with Crippen molar-refractivity contribution >= 4 is 0 Å². The minimum absolute atomic E-state index is 0.0858. The maximum absolute atomic E-state index is 12.3. The molecule has 2 aromatic heterocycles. The molecule has 0 spiro atoms. The van der Waals surface area contributed by atoms with Gasteiger partial charge in [-0.1, -0.05) is 12.8 Å². The average molecular weight is 401 g/mol. The topological polar surface area (TPSA) is 79.4 Å². The van der Waals surface area contributed by atoms with Crippen LogP contribution in [0.2, 0.25) is 0 Å². The highest BCUT2D eigenvalue weighted by atomic mass is 16.3. The van der Waals surface area contributed by atoms with Crippen molar-refractivity contribution in [3.8, 4) is 5.82 Å². The average Bonchev–Trinajstić information content (AvgIpc) is 3.27. The van der Waals surface area contributed by atoms with Crippen molar-refractivity contribution in [1.82, 2.24) is 29.4 Å². The van der Waals surface area contributed by atoms with Crippen molar-refractivity contribution < 1.29 is 5.11 Å². The van der Waals surface area contributed by atoms with E-state index < -0.39 is 5.60 Å². The van der Waals surface area contributed by atoms with Crippen LogP contribution in [0.3, 0.4) is 0 Å². The van der Waals surface area contributed by atoms with Crippen molar-refractivity contribution in [1.29, 1.82) is 0 Å². The Morgan fingerprint density at radius 2 is 1.69 bits per heavy atom. The zero-order valence-electron chi connectivity index (χ0n) is 17.5. The molecule has 1 saturated heterocycles. The van der Waals surface area contributed by atoms with E-state index >= 15 is 0 Å². The van der Waals surface area contributed by atoms with E-state index in [4.69, 9.17) is 0 Å². The van der Waals surface area contributed by atoms with Crippen LogP contribution in [-0.4, -0.2) is 79.3 Å². The van der Waals surface area contributed by atoms with Crippen LogP contribution in [0.5, 0.6) is 0 Å². The molecule has 1 aliphatic heterocycles. The Labute approximate surface area is 171 Å². The van der Waals surface area contributed by atoms with Gasteiger partial charge in [0.05, 0.1) is 17.8 Å². The summed E-state index contributed by atoms with van der Waals surface area (Å²) in [6, 6.07) is 5.29. The summed E-state index contributed by atoms with van der Waals surface area (Å²) in [5.41, 5.74) is 1.38. The van der Waals surface area contributed by atoms with Gasteiger partial charge in [0.15, 0.2) is 5.82 Å². The van der Waals surface area contributed by atoms with Gasteiger partial charge < -0.3 is 5.11 Å². The molecule has 1 N–H and O–H groups in total. The fraction of sp³-hybridized carbons (Fsp3) is 0.667. The maximum atomic E-state index is 12.3. The third-order valence-electron chi connectivity index (χ3n) is 6.22. The molecular weight excluding hydrogens is 368 g/mol. The van der Waals surface area contributed by atoms with Crippen LogP contribution in [0, 0.1) is 13.8 Å². The summed E-state index contributed by atoms with van der Waals surface area (Å²) in [5.74, 6) is 0.671. The number of aliphatic hydroxyl groups is 1. The van der Waals surface area contributed by atoms with Crippen molar-refractivity contribution in [3.63, 3.8) is 0 Å². The second kappa shape index (κ2) is 8.38. The van der Waals surface area contributed by atoms with Crippen LogP contribution in [0.15, 0.2) is 23.0 Å². The van der Waals surface area contributed by atoms with E-state index in [0.717, 1.165) is 76.3 Å². The predicted molar refractivity (Wildman–Crippen MR) is 111 cm³/mol. The summed E-state index contributed by atoms with van der Waals surface area (Å²) < 4.78 is 3.32. The smallest absolute Gasteiger partial charge is 0.266 e. The summed E-state index contributed by atoms with van der Waals surface area (Å²) >= 11 is 0. The van der Waals surface area contributed by atoms with Gasteiger partial charge in [0.1, 0.15) is 0 Å². The van der Waals surface area contributed by atoms with Crippen molar-refractivity contribution in [2.24, 2.45) is 0 Å². The van der Waals surface area contributed by atoms with Gasteiger partial charge in [-0.15, -0.1) is 5.10 Å². The molecule has 2 aliphatic rings. The molecular formula is C21H32N6O2. The zero-order chi connectivity index (χ0) is 20.4. The van der Waals surface area contributed by atoms with Gasteiger partial charge >= 0.3 is 0 Å². The third-order valence-corrected chi connectivity index (χ3v) is 6.22. The first kappa shape index (κ1) is 20.3. The van der Waals surface area contributed by atoms with Gasteiger partial charge in [0.25, 0.3) is 5.56 Å². The van der Waals surface area contributed by atoms with Crippen LogP contribution < -0.4 is 5.56 Å². The molecule has 8 nitrogen and oxygen atoms in total. The molecule has 0 bridgehead atoms. The SMILES string of the molecule is Cc1cc(C)n(-c2ccc(=O)n(CCN3CCN(CC4(O)CCCC4)CC3)n2)n1. The minimum atomic E-state index is -0.469. The van der Waals surface area contributed by atoms with E-state index in [-0.39, 0.29) is 5.56 Å². The lowest BCUT2D eigenvalue weighted by Crippen LogP contribution is -2.51. The first-order valence-electron chi connectivity index (χ1n) is 10.7. The highest BCUT2D eigenvalue weighted by Gasteiger charge is 2.33. The Morgan fingerprint density at radius 3 is 2.34 bits per heavy atom. The van der Waals surface area contributed by atoms with Gasteiger partial charge in [-0.3, -0.25) is 14.6 Å². The summed E-state index contributed by atoms with van der Waals surface area (Å²) in [6.45, 7) is 9.95. The second-order valence-electron chi connectivity index (χ2n) is 8.64. The zero-order valence-corrected chi connectivity index (χ0v) is 17.5.